The molecular formula is C34H20O. The Kier molecular flexibility index (Phi) is 3.72. The zero-order valence-corrected chi connectivity index (χ0v) is 19.0. The van der Waals surface area contributed by atoms with Crippen molar-refractivity contribution in [2.24, 2.45) is 0 Å². The lowest BCUT2D eigenvalue weighted by Gasteiger charge is -2.22. The molecular weight excluding hydrogens is 424 g/mol. The molecule has 162 valence electrons. The smallest absolute Gasteiger partial charge is 0.136 e. The highest BCUT2D eigenvalue weighted by Gasteiger charge is 2.21. The summed E-state index contributed by atoms with van der Waals surface area (Å²) >= 11 is 0. The first-order valence-electron chi connectivity index (χ1n) is 12.0. The lowest BCUT2D eigenvalue weighted by atomic mass is 9.90. The van der Waals surface area contributed by atoms with Gasteiger partial charge >= 0.3 is 0 Å². The van der Waals surface area contributed by atoms with Crippen molar-refractivity contribution in [3.05, 3.63) is 121 Å². The highest BCUT2D eigenvalue weighted by Crippen LogP contribution is 2.48. The van der Waals surface area contributed by atoms with Crippen LogP contribution in [0.2, 0.25) is 0 Å². The van der Waals surface area contributed by atoms with Gasteiger partial charge in [-0.2, -0.15) is 0 Å². The molecule has 0 atom stereocenters. The van der Waals surface area contributed by atoms with Gasteiger partial charge in [0.15, 0.2) is 0 Å². The van der Waals surface area contributed by atoms with Crippen LogP contribution in [0.15, 0.2) is 121 Å². The fraction of sp³-hybridized carbons (Fsp3) is 0. The van der Waals surface area contributed by atoms with Crippen molar-refractivity contribution in [3.63, 3.8) is 0 Å². The number of rotatable bonds is 1. The molecule has 8 rings (SSSR count). The summed E-state index contributed by atoms with van der Waals surface area (Å²) in [4.78, 5) is 0. The van der Waals surface area contributed by atoms with E-state index < -0.39 is 0 Å². The minimum absolute atomic E-state index is 0.917. The van der Waals surface area contributed by atoms with E-state index in [4.69, 9.17) is 4.74 Å². The number of para-hydroxylation sites is 1. The van der Waals surface area contributed by atoms with E-state index >= 15 is 0 Å². The molecule has 7 aromatic rings. The van der Waals surface area contributed by atoms with E-state index in [9.17, 15) is 0 Å². The summed E-state index contributed by atoms with van der Waals surface area (Å²) in [7, 11) is 0. The van der Waals surface area contributed by atoms with Crippen LogP contribution in [0, 0.1) is 0 Å². The molecule has 0 bridgehead atoms. The van der Waals surface area contributed by atoms with Gasteiger partial charge in [0, 0.05) is 10.9 Å². The van der Waals surface area contributed by atoms with Crippen molar-refractivity contribution in [2.75, 3.05) is 0 Å². The molecule has 1 nitrogen and oxygen atoms in total. The summed E-state index contributed by atoms with van der Waals surface area (Å²) < 4.78 is 6.45. The Hall–Kier alpha value is -4.62. The van der Waals surface area contributed by atoms with Gasteiger partial charge in [-0.3, -0.25) is 0 Å². The Bertz CT molecular complexity index is 1980. The first-order valence-corrected chi connectivity index (χ1v) is 12.0. The maximum atomic E-state index is 6.45. The van der Waals surface area contributed by atoms with E-state index in [1.165, 1.54) is 59.8 Å². The van der Waals surface area contributed by atoms with Crippen molar-refractivity contribution in [3.8, 4) is 33.8 Å². The highest BCUT2D eigenvalue weighted by atomic mass is 16.5. The van der Waals surface area contributed by atoms with Crippen LogP contribution < -0.4 is 4.74 Å². The van der Waals surface area contributed by atoms with Gasteiger partial charge in [0.25, 0.3) is 0 Å². The largest absolute Gasteiger partial charge is 0.456 e. The van der Waals surface area contributed by atoms with E-state index in [0.717, 1.165) is 17.1 Å². The van der Waals surface area contributed by atoms with Crippen LogP contribution in [0.4, 0.5) is 0 Å². The Morgan fingerprint density at radius 3 is 2.06 bits per heavy atom. The third-order valence-corrected chi connectivity index (χ3v) is 7.39. The highest BCUT2D eigenvalue weighted by molar-refractivity contribution is 6.15. The molecule has 1 aliphatic rings. The van der Waals surface area contributed by atoms with E-state index in [-0.39, 0.29) is 0 Å². The average Bonchev–Trinajstić information content (AvgIpc) is 2.91. The number of hydrogen-bond acceptors (Lipinski definition) is 1. The van der Waals surface area contributed by atoms with Gasteiger partial charge in [-0.05, 0) is 84.7 Å². The van der Waals surface area contributed by atoms with E-state index in [1.807, 2.05) is 6.07 Å². The van der Waals surface area contributed by atoms with Gasteiger partial charge in [0.2, 0.25) is 0 Å². The van der Waals surface area contributed by atoms with Crippen LogP contribution in [0.25, 0.3) is 65.3 Å². The second-order valence-electron chi connectivity index (χ2n) is 9.36. The normalized spacial score (nSPS) is 12.2. The van der Waals surface area contributed by atoms with Gasteiger partial charge in [-0.1, -0.05) is 91.0 Å². The molecule has 0 aliphatic carbocycles. The maximum Gasteiger partial charge on any atom is 0.136 e. The molecule has 0 spiro atoms. The second-order valence-corrected chi connectivity index (χ2v) is 9.36. The summed E-state index contributed by atoms with van der Waals surface area (Å²) in [5, 5.41) is 10.0. The molecule has 0 amide bonds. The molecule has 7 aromatic carbocycles. The Balaban J connectivity index is 1.42. The van der Waals surface area contributed by atoms with Gasteiger partial charge < -0.3 is 4.74 Å². The average molecular weight is 445 g/mol. The quantitative estimate of drug-likeness (QED) is 0.181. The minimum atomic E-state index is 0.917. The Morgan fingerprint density at radius 1 is 0.371 bits per heavy atom. The SMILES string of the molecule is c1ccc2c(c1)Oc1cc(-c3cccc4cc5ccc6ccccc6c5cc34)cc3cccc-2c13. The van der Waals surface area contributed by atoms with Crippen molar-refractivity contribution in [1.82, 2.24) is 0 Å². The van der Waals surface area contributed by atoms with Crippen LogP contribution in [-0.4, -0.2) is 0 Å². The predicted molar refractivity (Wildman–Crippen MR) is 147 cm³/mol. The Morgan fingerprint density at radius 2 is 1.09 bits per heavy atom. The summed E-state index contributed by atoms with van der Waals surface area (Å²) in [6.45, 7) is 0. The lowest BCUT2D eigenvalue weighted by molar-refractivity contribution is 0.487. The number of hydrogen-bond donors (Lipinski definition) is 0. The summed E-state index contributed by atoms with van der Waals surface area (Å²) in [5.74, 6) is 1.84. The fourth-order valence-corrected chi connectivity index (χ4v) is 5.78. The van der Waals surface area contributed by atoms with E-state index in [0.29, 0.717) is 0 Å². The fourth-order valence-electron chi connectivity index (χ4n) is 5.78. The molecule has 0 aromatic heterocycles. The Labute approximate surface area is 202 Å². The molecule has 0 unspecified atom stereocenters. The molecule has 1 heteroatoms. The number of ether oxygens (including phenoxy) is 1. The lowest BCUT2D eigenvalue weighted by Crippen LogP contribution is -1.97. The molecule has 1 aliphatic heterocycles. The topological polar surface area (TPSA) is 9.23 Å². The first kappa shape index (κ1) is 18.8. The summed E-state index contributed by atoms with van der Waals surface area (Å²) in [5.41, 5.74) is 4.79. The molecule has 35 heavy (non-hydrogen) atoms. The van der Waals surface area contributed by atoms with Crippen LogP contribution >= 0.6 is 0 Å². The zero-order chi connectivity index (χ0) is 22.9. The molecule has 0 fully saturated rings. The van der Waals surface area contributed by atoms with Crippen molar-refractivity contribution in [2.45, 2.75) is 0 Å². The summed E-state index contributed by atoms with van der Waals surface area (Å²) in [6.07, 6.45) is 0. The van der Waals surface area contributed by atoms with Crippen molar-refractivity contribution >= 4 is 43.1 Å². The van der Waals surface area contributed by atoms with Crippen LogP contribution in [-0.2, 0) is 0 Å². The van der Waals surface area contributed by atoms with Crippen LogP contribution in [0.3, 0.4) is 0 Å². The van der Waals surface area contributed by atoms with Crippen LogP contribution in [0.1, 0.15) is 0 Å². The molecule has 0 N–H and O–H groups in total. The number of fused-ring (bicyclic) bond motifs is 6. The summed E-state index contributed by atoms with van der Waals surface area (Å²) in [6, 6.07) is 43.7. The van der Waals surface area contributed by atoms with Gasteiger partial charge in [-0.25, -0.2) is 0 Å². The van der Waals surface area contributed by atoms with Crippen molar-refractivity contribution in [1.29, 1.82) is 0 Å². The monoisotopic (exact) mass is 444 g/mol. The predicted octanol–water partition coefficient (Wildman–Crippen LogP) is 9.74. The third-order valence-electron chi connectivity index (χ3n) is 7.39. The maximum absolute atomic E-state index is 6.45. The van der Waals surface area contributed by atoms with Gasteiger partial charge in [0.1, 0.15) is 11.5 Å². The standard InChI is InChI=1S/C34H20O/c1-2-10-26-21(7-1)15-16-23-17-22-8-5-12-27(30(22)20-31(23)26)25-18-24-9-6-13-29-28-11-3-4-14-32(28)35-33(19-25)34(24)29/h1-20H. The minimum Gasteiger partial charge on any atom is -0.456 e. The third kappa shape index (κ3) is 2.70. The molecule has 0 radical (unpaired) electrons. The number of benzene rings is 7. The van der Waals surface area contributed by atoms with Gasteiger partial charge in [0.05, 0.1) is 0 Å². The van der Waals surface area contributed by atoms with Crippen LogP contribution in [0.5, 0.6) is 11.5 Å². The second kappa shape index (κ2) is 6.94. The van der Waals surface area contributed by atoms with Gasteiger partial charge in [-0.15, -0.1) is 0 Å². The molecule has 0 saturated carbocycles. The zero-order valence-electron chi connectivity index (χ0n) is 19.0. The first-order chi connectivity index (χ1) is 17.3. The van der Waals surface area contributed by atoms with E-state index in [1.54, 1.807) is 0 Å². The van der Waals surface area contributed by atoms with Crippen molar-refractivity contribution < 1.29 is 4.74 Å². The molecule has 0 saturated heterocycles. The molecule has 1 heterocycles. The van der Waals surface area contributed by atoms with E-state index in [2.05, 4.69) is 115 Å².